The van der Waals surface area contributed by atoms with Gasteiger partial charge in [0.15, 0.2) is 0 Å². The van der Waals surface area contributed by atoms with Crippen LogP contribution in [0, 0.1) is 136 Å². The molecule has 0 aliphatic rings. The predicted molar refractivity (Wildman–Crippen MR) is 371 cm³/mol. The molecule has 0 aromatic rings. The van der Waals surface area contributed by atoms with Crippen LogP contribution in [0.4, 0.5) is 0 Å². The van der Waals surface area contributed by atoms with Crippen molar-refractivity contribution >= 4 is 0 Å². The highest BCUT2D eigenvalue weighted by Crippen LogP contribution is 2.49. The minimum atomic E-state index is 0.424. The Balaban J connectivity index is -0.000000199. The molecule has 0 aliphatic carbocycles. The first kappa shape index (κ1) is 89.2. The zero-order chi connectivity index (χ0) is 65.2. The van der Waals surface area contributed by atoms with Crippen LogP contribution in [0.2, 0.25) is 0 Å². The maximum absolute atomic E-state index is 2.39. The minimum absolute atomic E-state index is 0.424. The van der Waals surface area contributed by atoms with Crippen LogP contribution in [-0.4, -0.2) is 0 Å². The van der Waals surface area contributed by atoms with Crippen LogP contribution in [0.3, 0.4) is 0 Å². The van der Waals surface area contributed by atoms with Crippen molar-refractivity contribution < 1.29 is 0 Å². The van der Waals surface area contributed by atoms with Crippen LogP contribution in [-0.2, 0) is 0 Å². The summed E-state index contributed by atoms with van der Waals surface area (Å²) in [4.78, 5) is 0. The second-order valence-electron chi connectivity index (χ2n) is 40.5. The lowest BCUT2D eigenvalue weighted by atomic mass is 9.61. The van der Waals surface area contributed by atoms with Crippen molar-refractivity contribution in [3.05, 3.63) is 0 Å². The van der Waals surface area contributed by atoms with Crippen molar-refractivity contribution in [3.8, 4) is 0 Å². The molecular weight excluding hydrogens is 937 g/mol. The van der Waals surface area contributed by atoms with Gasteiger partial charge >= 0.3 is 0 Å². The summed E-state index contributed by atoms with van der Waals surface area (Å²) in [6, 6.07) is 0. The van der Waals surface area contributed by atoms with E-state index in [-0.39, 0.29) is 0 Å². The smallest absolute Gasteiger partial charge is 0.0291 e. The molecule has 0 aliphatic heterocycles. The Labute approximate surface area is 504 Å². The maximum Gasteiger partial charge on any atom is -0.0291 e. The molecule has 0 nitrogen and oxygen atoms in total. The average Bonchev–Trinajstić information content (AvgIpc) is 3.10. The molecule has 0 aromatic heterocycles. The third-order valence-corrected chi connectivity index (χ3v) is 17.6. The van der Waals surface area contributed by atoms with Gasteiger partial charge in [0.05, 0.1) is 0 Å². The van der Waals surface area contributed by atoms with E-state index in [0.717, 1.165) is 71.0 Å². The average molecular weight is 1110 g/mol. The van der Waals surface area contributed by atoms with Gasteiger partial charge in [-0.25, -0.2) is 0 Å². The summed E-state index contributed by atoms with van der Waals surface area (Å²) in [6.45, 7) is 113. The molecule has 0 amide bonds. The summed E-state index contributed by atoms with van der Waals surface area (Å²) >= 11 is 0. The van der Waals surface area contributed by atoms with Crippen molar-refractivity contribution in [2.45, 2.75) is 371 Å². The van der Waals surface area contributed by atoms with E-state index in [1.54, 1.807) is 0 Å². The number of rotatable bonds is 12. The lowest BCUT2D eigenvalue weighted by Gasteiger charge is -2.44. The molecule has 0 saturated heterocycles. The SMILES string of the molecule is CC(C)CC(C(C)(C)C)C(C)(C)C.CC(C)CC(C(C)(C)C)C(C)(C)C.CC(C)CC(C(C)(C)C)C(C)(C)C.CCC(C)C(C(C)(C)C)C(C)(C)C.CCC(C)C(C(C)(C)C)C(C)(C)C.CCC(C)C(C(C)(C)C)C(C)(C)C. The zero-order valence-electron chi connectivity index (χ0n) is 65.2. The van der Waals surface area contributed by atoms with Crippen LogP contribution in [0.15, 0.2) is 0 Å². The van der Waals surface area contributed by atoms with Crippen molar-refractivity contribution in [2.24, 2.45) is 136 Å². The van der Waals surface area contributed by atoms with E-state index < -0.39 is 0 Å². The van der Waals surface area contributed by atoms with Crippen molar-refractivity contribution in [1.82, 2.24) is 0 Å². The lowest BCUT2D eigenvalue weighted by molar-refractivity contribution is 0.0478. The summed E-state index contributed by atoms with van der Waals surface area (Å²) in [5, 5.41) is 0. The zero-order valence-corrected chi connectivity index (χ0v) is 65.2. The van der Waals surface area contributed by atoms with E-state index in [0.29, 0.717) is 65.0 Å². The van der Waals surface area contributed by atoms with E-state index in [2.05, 4.69) is 332 Å². The van der Waals surface area contributed by atoms with Gasteiger partial charge in [0.1, 0.15) is 0 Å². The Bertz CT molecular complexity index is 1170. The minimum Gasteiger partial charge on any atom is -0.0651 e. The van der Waals surface area contributed by atoms with E-state index in [4.69, 9.17) is 0 Å². The Morgan fingerprint density at radius 1 is 0.179 bits per heavy atom. The molecule has 0 fully saturated rings. The van der Waals surface area contributed by atoms with E-state index in [1.165, 1.54) is 38.5 Å². The largest absolute Gasteiger partial charge is 0.0651 e. The molecule has 3 atom stereocenters. The van der Waals surface area contributed by atoms with Gasteiger partial charge in [-0.15, -0.1) is 0 Å². The molecule has 0 radical (unpaired) electrons. The van der Waals surface area contributed by atoms with E-state index in [9.17, 15) is 0 Å². The highest BCUT2D eigenvalue weighted by molar-refractivity contribution is 4.90. The Morgan fingerprint density at radius 2 is 0.282 bits per heavy atom. The van der Waals surface area contributed by atoms with Crippen LogP contribution in [0.25, 0.3) is 0 Å². The van der Waals surface area contributed by atoms with Gasteiger partial charge in [-0.2, -0.15) is 0 Å². The molecule has 0 spiro atoms. The molecule has 3 unspecified atom stereocenters. The molecule has 0 aromatic carbocycles. The Hall–Kier alpha value is 0. The van der Waals surface area contributed by atoms with Gasteiger partial charge in [-0.1, -0.05) is 352 Å². The summed E-state index contributed by atoms with van der Waals surface area (Å²) in [7, 11) is 0. The topological polar surface area (TPSA) is 0 Å². The Kier molecular flexibility index (Phi) is 39.1. The summed E-state index contributed by atoms with van der Waals surface area (Å²) in [6.07, 6.45) is 7.89. The molecule has 0 N–H and O–H groups in total. The third kappa shape index (κ3) is 41.1. The number of hydrogen-bond acceptors (Lipinski definition) is 0. The second kappa shape index (κ2) is 34.2. The van der Waals surface area contributed by atoms with Crippen LogP contribution < -0.4 is 0 Å². The van der Waals surface area contributed by atoms with E-state index >= 15 is 0 Å². The first-order chi connectivity index (χ1) is 33.5. The molecule has 0 bridgehead atoms. The number of hydrogen-bond donors (Lipinski definition) is 0. The molecule has 0 heteroatoms. The van der Waals surface area contributed by atoms with Crippen molar-refractivity contribution in [2.75, 3.05) is 0 Å². The van der Waals surface area contributed by atoms with Crippen molar-refractivity contribution in [3.63, 3.8) is 0 Å². The molecule has 78 heavy (non-hydrogen) atoms. The Morgan fingerprint density at radius 3 is 0.308 bits per heavy atom. The van der Waals surface area contributed by atoms with E-state index in [1.807, 2.05) is 0 Å². The molecule has 0 heterocycles. The quantitative estimate of drug-likeness (QED) is 0.183. The monoisotopic (exact) mass is 1110 g/mol. The first-order valence-corrected chi connectivity index (χ1v) is 33.5. The van der Waals surface area contributed by atoms with Crippen LogP contribution in [0.1, 0.15) is 371 Å². The summed E-state index contributed by atoms with van der Waals surface area (Å²) < 4.78 is 0. The maximum atomic E-state index is 2.39. The van der Waals surface area contributed by atoms with Gasteiger partial charge in [-0.05, 0) is 155 Å². The highest BCUT2D eigenvalue weighted by Gasteiger charge is 2.41. The fourth-order valence-electron chi connectivity index (χ4n) is 17.2. The highest BCUT2D eigenvalue weighted by atomic mass is 14.5. The van der Waals surface area contributed by atoms with Crippen LogP contribution in [0.5, 0.6) is 0 Å². The van der Waals surface area contributed by atoms with Gasteiger partial charge in [0.25, 0.3) is 0 Å². The lowest BCUT2D eigenvalue weighted by Crippen LogP contribution is -2.37. The normalized spacial score (nSPS) is 15.3. The van der Waals surface area contributed by atoms with Crippen LogP contribution >= 0.6 is 0 Å². The molecule has 0 saturated carbocycles. The van der Waals surface area contributed by atoms with Gasteiger partial charge < -0.3 is 0 Å². The molecular formula is C78H168. The molecule has 0 rings (SSSR count). The summed E-state index contributed by atoms with van der Waals surface area (Å²) in [5.74, 6) is 9.69. The van der Waals surface area contributed by atoms with Gasteiger partial charge in [0, 0.05) is 0 Å². The van der Waals surface area contributed by atoms with Gasteiger partial charge in [0.2, 0.25) is 0 Å². The second-order valence-corrected chi connectivity index (χ2v) is 40.5. The standard InChI is InChI=1S/6C13H28/c3*1-10(2)9-11(12(3,4)5)13(6,7)8;3*1-9-10(2)11(12(3,4)5)13(6,7)8/h6*10-11H,9H2,1-8H3. The van der Waals surface area contributed by atoms with Crippen molar-refractivity contribution in [1.29, 1.82) is 0 Å². The van der Waals surface area contributed by atoms with Gasteiger partial charge in [-0.3, -0.25) is 0 Å². The fraction of sp³-hybridized carbons (Fsp3) is 1.00. The predicted octanol–water partition coefficient (Wildman–Crippen LogP) is 28.4. The fourth-order valence-corrected chi connectivity index (χ4v) is 17.2. The first-order valence-electron chi connectivity index (χ1n) is 33.5. The third-order valence-electron chi connectivity index (χ3n) is 17.6. The molecule has 480 valence electrons. The summed E-state index contributed by atoms with van der Waals surface area (Å²) in [5.41, 5.74) is 5.14.